The number of nitrogens with one attached hydrogen (secondary N) is 1. The molecule has 118 valence electrons. The van der Waals surface area contributed by atoms with Crippen LogP contribution in [-0.4, -0.2) is 32.1 Å². The van der Waals surface area contributed by atoms with E-state index in [1.165, 1.54) is 29.3 Å². The van der Waals surface area contributed by atoms with Gasteiger partial charge < -0.3 is 11.2 Å². The molecule has 0 radical (unpaired) electrons. The van der Waals surface area contributed by atoms with E-state index >= 15 is 0 Å². The first-order valence-electron chi connectivity index (χ1n) is 7.36. The van der Waals surface area contributed by atoms with Crippen molar-refractivity contribution in [1.29, 1.82) is 0 Å². The number of amides is 1. The first-order valence-corrected chi connectivity index (χ1v) is 9.12. The van der Waals surface area contributed by atoms with E-state index in [1.54, 1.807) is 11.3 Å². The van der Waals surface area contributed by atoms with Gasteiger partial charge in [-0.2, -0.15) is 0 Å². The zero-order chi connectivity index (χ0) is 15.5. The molecule has 0 aliphatic heterocycles. The second-order valence-electron chi connectivity index (χ2n) is 5.40. The minimum absolute atomic E-state index is 0.0394. The van der Waals surface area contributed by atoms with Crippen molar-refractivity contribution in [2.45, 2.75) is 49.1 Å². The lowest BCUT2D eigenvalue weighted by atomic mass is 10.2. The third-order valence-corrected chi connectivity index (χ3v) is 5.68. The van der Waals surface area contributed by atoms with E-state index in [1.807, 2.05) is 24.4 Å². The predicted octanol–water partition coefficient (Wildman–Crippen LogP) is 2.26. The standard InChI is InChI=1S/C14H19N5OS2/c1-9(13(20)16-10-5-2-3-6-10)22-14-18-17-12(19(14)15)11-7-4-8-21-11/h4,7-10H,2-3,5-6,15H2,1H3,(H,16,20). The Labute approximate surface area is 137 Å². The van der Waals surface area contributed by atoms with Gasteiger partial charge in [-0.15, -0.1) is 21.5 Å². The number of hydrogen-bond acceptors (Lipinski definition) is 6. The van der Waals surface area contributed by atoms with E-state index in [4.69, 9.17) is 5.84 Å². The molecule has 6 nitrogen and oxygen atoms in total. The van der Waals surface area contributed by atoms with Gasteiger partial charge in [-0.3, -0.25) is 4.79 Å². The van der Waals surface area contributed by atoms with Crippen molar-refractivity contribution >= 4 is 29.0 Å². The summed E-state index contributed by atoms with van der Waals surface area (Å²) in [6.07, 6.45) is 4.57. The molecule has 1 unspecified atom stereocenters. The Kier molecular flexibility index (Phi) is 4.68. The van der Waals surface area contributed by atoms with Gasteiger partial charge in [-0.1, -0.05) is 30.7 Å². The molecule has 3 N–H and O–H groups in total. The summed E-state index contributed by atoms with van der Waals surface area (Å²) in [4.78, 5) is 13.2. The van der Waals surface area contributed by atoms with Crippen molar-refractivity contribution in [2.75, 3.05) is 5.84 Å². The molecule has 22 heavy (non-hydrogen) atoms. The number of carbonyl (C=O) groups excluding carboxylic acids is 1. The fourth-order valence-corrected chi connectivity index (χ4v) is 4.02. The van der Waals surface area contributed by atoms with Crippen LogP contribution in [0.4, 0.5) is 0 Å². The van der Waals surface area contributed by atoms with Crippen molar-refractivity contribution in [2.24, 2.45) is 0 Å². The number of aromatic nitrogens is 3. The average Bonchev–Trinajstić information content (AvgIpc) is 3.22. The largest absolute Gasteiger partial charge is 0.352 e. The van der Waals surface area contributed by atoms with Crippen LogP contribution in [0.1, 0.15) is 32.6 Å². The molecule has 0 saturated heterocycles. The number of nitrogens with two attached hydrogens (primary N) is 1. The second-order valence-corrected chi connectivity index (χ2v) is 7.66. The Hall–Kier alpha value is -1.54. The van der Waals surface area contributed by atoms with Crippen LogP contribution in [0.15, 0.2) is 22.7 Å². The third-order valence-electron chi connectivity index (χ3n) is 3.76. The first kappa shape index (κ1) is 15.4. The summed E-state index contributed by atoms with van der Waals surface area (Å²) in [7, 11) is 0. The quantitative estimate of drug-likeness (QED) is 0.646. The SMILES string of the molecule is CC(Sc1nnc(-c2cccs2)n1N)C(=O)NC1CCCC1. The Balaban J connectivity index is 1.64. The summed E-state index contributed by atoms with van der Waals surface area (Å²) >= 11 is 2.89. The van der Waals surface area contributed by atoms with E-state index in [0.717, 1.165) is 17.7 Å². The van der Waals surface area contributed by atoms with Crippen molar-refractivity contribution < 1.29 is 4.79 Å². The smallest absolute Gasteiger partial charge is 0.233 e. The number of carbonyl (C=O) groups is 1. The molecular weight excluding hydrogens is 318 g/mol. The van der Waals surface area contributed by atoms with Crippen LogP contribution in [0.2, 0.25) is 0 Å². The van der Waals surface area contributed by atoms with Crippen LogP contribution in [0.3, 0.4) is 0 Å². The summed E-state index contributed by atoms with van der Waals surface area (Å²) in [6, 6.07) is 4.22. The summed E-state index contributed by atoms with van der Waals surface area (Å²) < 4.78 is 1.45. The molecule has 0 spiro atoms. The molecule has 2 aromatic rings. The first-order chi connectivity index (χ1) is 10.6. The fraction of sp³-hybridized carbons (Fsp3) is 0.500. The van der Waals surface area contributed by atoms with Gasteiger partial charge in [0.25, 0.3) is 0 Å². The molecule has 8 heteroatoms. The Morgan fingerprint density at radius 3 is 2.95 bits per heavy atom. The van der Waals surface area contributed by atoms with E-state index < -0.39 is 0 Å². The van der Waals surface area contributed by atoms with E-state index in [-0.39, 0.29) is 11.2 Å². The molecule has 0 bridgehead atoms. The topological polar surface area (TPSA) is 85.8 Å². The zero-order valence-corrected chi connectivity index (χ0v) is 14.0. The van der Waals surface area contributed by atoms with Gasteiger partial charge in [-0.05, 0) is 31.2 Å². The van der Waals surface area contributed by atoms with Crippen LogP contribution in [0.25, 0.3) is 10.7 Å². The predicted molar refractivity (Wildman–Crippen MR) is 89.2 cm³/mol. The van der Waals surface area contributed by atoms with Gasteiger partial charge in [0.05, 0.1) is 10.1 Å². The number of thioether (sulfide) groups is 1. The van der Waals surface area contributed by atoms with Gasteiger partial charge in [0.15, 0.2) is 5.82 Å². The van der Waals surface area contributed by atoms with Gasteiger partial charge in [0, 0.05) is 6.04 Å². The fourth-order valence-electron chi connectivity index (χ4n) is 2.53. The van der Waals surface area contributed by atoms with Gasteiger partial charge >= 0.3 is 0 Å². The number of thiophene rings is 1. The molecule has 2 aromatic heterocycles. The lowest BCUT2D eigenvalue weighted by molar-refractivity contribution is -0.120. The maximum atomic E-state index is 12.2. The normalized spacial score (nSPS) is 16.8. The minimum Gasteiger partial charge on any atom is -0.352 e. The third kappa shape index (κ3) is 3.27. The van der Waals surface area contributed by atoms with Crippen LogP contribution in [0.5, 0.6) is 0 Å². The molecule has 1 fully saturated rings. The molecule has 1 aliphatic carbocycles. The number of rotatable bonds is 5. The van der Waals surface area contributed by atoms with Crippen molar-refractivity contribution in [1.82, 2.24) is 20.2 Å². The molecular formula is C14H19N5OS2. The van der Waals surface area contributed by atoms with E-state index in [2.05, 4.69) is 15.5 Å². The van der Waals surface area contributed by atoms with Crippen LogP contribution < -0.4 is 11.2 Å². The van der Waals surface area contributed by atoms with Crippen LogP contribution >= 0.6 is 23.1 Å². The van der Waals surface area contributed by atoms with Crippen molar-refractivity contribution in [3.8, 4) is 10.7 Å². The molecule has 1 aliphatic rings. The van der Waals surface area contributed by atoms with Gasteiger partial charge in [0.2, 0.25) is 11.1 Å². The lowest BCUT2D eigenvalue weighted by Crippen LogP contribution is -2.37. The van der Waals surface area contributed by atoms with Crippen molar-refractivity contribution in [3.63, 3.8) is 0 Å². The van der Waals surface area contributed by atoms with Crippen LogP contribution in [0, 0.1) is 0 Å². The van der Waals surface area contributed by atoms with Crippen molar-refractivity contribution in [3.05, 3.63) is 17.5 Å². The monoisotopic (exact) mass is 337 g/mol. The van der Waals surface area contributed by atoms with Crippen LogP contribution in [-0.2, 0) is 4.79 Å². The maximum absolute atomic E-state index is 12.2. The molecule has 0 aromatic carbocycles. The van der Waals surface area contributed by atoms with Gasteiger partial charge in [-0.25, -0.2) is 4.68 Å². The lowest BCUT2D eigenvalue weighted by Gasteiger charge is -2.15. The highest BCUT2D eigenvalue weighted by molar-refractivity contribution is 8.00. The highest BCUT2D eigenvalue weighted by atomic mass is 32.2. The molecule has 1 atom stereocenters. The second kappa shape index (κ2) is 6.70. The Bertz CT molecular complexity index is 634. The number of nitrogen functional groups attached to an aromatic ring is 1. The Morgan fingerprint density at radius 2 is 2.27 bits per heavy atom. The average molecular weight is 337 g/mol. The molecule has 1 saturated carbocycles. The Morgan fingerprint density at radius 1 is 1.50 bits per heavy atom. The molecule has 2 heterocycles. The zero-order valence-electron chi connectivity index (χ0n) is 12.4. The van der Waals surface area contributed by atoms with E-state index in [9.17, 15) is 4.79 Å². The van der Waals surface area contributed by atoms with E-state index in [0.29, 0.717) is 17.0 Å². The maximum Gasteiger partial charge on any atom is 0.233 e. The molecule has 3 rings (SSSR count). The number of hydrogen-bond donors (Lipinski definition) is 2. The summed E-state index contributed by atoms with van der Waals surface area (Å²) in [6.45, 7) is 1.87. The number of nitrogens with zero attached hydrogens (tertiary/aromatic N) is 3. The summed E-state index contributed by atoms with van der Waals surface area (Å²) in [5.41, 5.74) is 0. The minimum atomic E-state index is -0.247. The highest BCUT2D eigenvalue weighted by Crippen LogP contribution is 2.27. The highest BCUT2D eigenvalue weighted by Gasteiger charge is 2.23. The molecule has 1 amide bonds. The van der Waals surface area contributed by atoms with Gasteiger partial charge in [0.1, 0.15) is 0 Å². The summed E-state index contributed by atoms with van der Waals surface area (Å²) in [5.74, 6) is 6.72. The summed E-state index contributed by atoms with van der Waals surface area (Å²) in [5, 5.41) is 13.6.